The lowest BCUT2D eigenvalue weighted by molar-refractivity contribution is -0.142. The molecule has 0 aliphatic carbocycles. The van der Waals surface area contributed by atoms with Crippen molar-refractivity contribution in [2.24, 2.45) is 0 Å². The molecule has 2 N–H and O–H groups in total. The van der Waals surface area contributed by atoms with Crippen LogP contribution in [0, 0.1) is 0 Å². The molecule has 1 rings (SSSR count). The number of nitrogens with zero attached hydrogens (tertiary/aromatic N) is 1. The third-order valence-electron chi connectivity index (χ3n) is 2.25. The second-order valence-corrected chi connectivity index (χ2v) is 4.66. The smallest absolute Gasteiger partial charge is 0.313 e. The molecule has 1 aliphatic rings. The monoisotopic (exact) mass is 276 g/mol. The minimum atomic E-state index is -0.938. The lowest BCUT2D eigenvalue weighted by Gasteiger charge is -2.26. The third kappa shape index (κ3) is 5.87. The van der Waals surface area contributed by atoms with Crippen molar-refractivity contribution in [3.8, 4) is 0 Å². The van der Waals surface area contributed by atoms with Gasteiger partial charge in [-0.1, -0.05) is 0 Å². The molecule has 0 bridgehead atoms. The average molecular weight is 276 g/mol. The molecule has 2 amide bonds. The Morgan fingerprint density at radius 2 is 2.22 bits per heavy atom. The van der Waals surface area contributed by atoms with Gasteiger partial charge in [0.1, 0.15) is 6.61 Å². The number of carboxylic acid groups (broad SMARTS) is 1. The molecule has 0 atom stereocenters. The van der Waals surface area contributed by atoms with Gasteiger partial charge in [-0.05, 0) is 0 Å². The molecule has 1 fully saturated rings. The first kappa shape index (κ1) is 14.8. The quantitative estimate of drug-likeness (QED) is 0.605. The summed E-state index contributed by atoms with van der Waals surface area (Å²) < 4.78 is 4.98. The fourth-order valence-corrected chi connectivity index (χ4v) is 1.96. The van der Waals surface area contributed by atoms with E-state index in [2.05, 4.69) is 5.32 Å². The highest BCUT2D eigenvalue weighted by Crippen LogP contribution is 1.99. The molecule has 1 saturated heterocycles. The second-order valence-electron chi connectivity index (χ2n) is 3.67. The molecule has 102 valence electrons. The Kier molecular flexibility index (Phi) is 6.51. The molecule has 0 radical (unpaired) electrons. The van der Waals surface area contributed by atoms with E-state index in [1.807, 2.05) is 0 Å². The van der Waals surface area contributed by atoms with Gasteiger partial charge < -0.3 is 20.1 Å². The number of nitrogens with one attached hydrogen (secondary N) is 1. The SMILES string of the molecule is O=C(O)CSCC(=O)NCCN1CCOCC1=O. The Morgan fingerprint density at radius 1 is 1.44 bits per heavy atom. The van der Waals surface area contributed by atoms with Crippen LogP contribution in [-0.2, 0) is 19.1 Å². The summed E-state index contributed by atoms with van der Waals surface area (Å²) in [6.45, 7) is 1.99. The standard InChI is InChI=1S/C10H16N2O5S/c13-8(6-18-7-10(15)16)11-1-2-12-3-4-17-5-9(12)14/h1-7H2,(H,11,13)(H,15,16). The lowest BCUT2D eigenvalue weighted by atomic mass is 10.4. The molecule has 0 unspecified atom stereocenters. The number of amides is 2. The number of hydrogen-bond donors (Lipinski definition) is 2. The van der Waals surface area contributed by atoms with Crippen molar-refractivity contribution in [1.82, 2.24) is 10.2 Å². The van der Waals surface area contributed by atoms with Crippen molar-refractivity contribution in [1.29, 1.82) is 0 Å². The number of hydrogen-bond acceptors (Lipinski definition) is 5. The van der Waals surface area contributed by atoms with Gasteiger partial charge in [0.05, 0.1) is 18.1 Å². The summed E-state index contributed by atoms with van der Waals surface area (Å²) in [5.74, 6) is -1.21. The molecular formula is C10H16N2O5S. The van der Waals surface area contributed by atoms with Crippen molar-refractivity contribution in [2.45, 2.75) is 0 Å². The lowest BCUT2D eigenvalue weighted by Crippen LogP contribution is -2.45. The van der Waals surface area contributed by atoms with E-state index in [9.17, 15) is 14.4 Å². The van der Waals surface area contributed by atoms with Crippen LogP contribution in [0.25, 0.3) is 0 Å². The molecule has 18 heavy (non-hydrogen) atoms. The maximum atomic E-state index is 11.3. The van der Waals surface area contributed by atoms with Crippen molar-refractivity contribution >= 4 is 29.5 Å². The van der Waals surface area contributed by atoms with E-state index < -0.39 is 5.97 Å². The van der Waals surface area contributed by atoms with Crippen molar-refractivity contribution in [3.05, 3.63) is 0 Å². The maximum absolute atomic E-state index is 11.3. The topological polar surface area (TPSA) is 95.9 Å². The Labute approximate surface area is 109 Å². The largest absolute Gasteiger partial charge is 0.481 e. The normalized spacial score (nSPS) is 15.6. The number of carbonyl (C=O) groups is 3. The number of aliphatic carboxylic acids is 1. The van der Waals surface area contributed by atoms with Gasteiger partial charge in [-0.2, -0.15) is 0 Å². The second kappa shape index (κ2) is 7.93. The van der Waals surface area contributed by atoms with Gasteiger partial charge in [0, 0.05) is 19.6 Å². The molecule has 1 heterocycles. The summed E-state index contributed by atoms with van der Waals surface area (Å²) in [6.07, 6.45) is 0. The number of carboxylic acids is 1. The summed E-state index contributed by atoms with van der Waals surface area (Å²) in [5, 5.41) is 11.0. The Balaban J connectivity index is 2.07. The summed E-state index contributed by atoms with van der Waals surface area (Å²) in [7, 11) is 0. The first-order chi connectivity index (χ1) is 8.59. The molecule has 7 nitrogen and oxygen atoms in total. The van der Waals surface area contributed by atoms with Gasteiger partial charge in [-0.15, -0.1) is 11.8 Å². The average Bonchev–Trinajstić information content (AvgIpc) is 2.31. The van der Waals surface area contributed by atoms with E-state index in [4.69, 9.17) is 9.84 Å². The fourth-order valence-electron chi connectivity index (χ4n) is 1.40. The van der Waals surface area contributed by atoms with Crippen LogP contribution in [0.1, 0.15) is 0 Å². The van der Waals surface area contributed by atoms with Crippen LogP contribution in [0.3, 0.4) is 0 Å². The van der Waals surface area contributed by atoms with E-state index >= 15 is 0 Å². The van der Waals surface area contributed by atoms with Gasteiger partial charge in [-0.3, -0.25) is 14.4 Å². The highest BCUT2D eigenvalue weighted by atomic mass is 32.2. The molecule has 0 saturated carbocycles. The zero-order valence-corrected chi connectivity index (χ0v) is 10.7. The van der Waals surface area contributed by atoms with Crippen LogP contribution in [0.5, 0.6) is 0 Å². The molecule has 0 aromatic heterocycles. The van der Waals surface area contributed by atoms with E-state index in [-0.39, 0.29) is 29.9 Å². The predicted molar refractivity (Wildman–Crippen MR) is 65.4 cm³/mol. The summed E-state index contributed by atoms with van der Waals surface area (Å²) >= 11 is 1.04. The highest BCUT2D eigenvalue weighted by molar-refractivity contribution is 8.00. The first-order valence-corrected chi connectivity index (χ1v) is 6.67. The van der Waals surface area contributed by atoms with Crippen molar-refractivity contribution < 1.29 is 24.2 Å². The van der Waals surface area contributed by atoms with E-state index in [1.165, 1.54) is 0 Å². The number of morpholine rings is 1. The fraction of sp³-hybridized carbons (Fsp3) is 0.700. The van der Waals surface area contributed by atoms with Crippen LogP contribution < -0.4 is 5.32 Å². The molecule has 0 spiro atoms. The predicted octanol–water partition coefficient (Wildman–Crippen LogP) is -1.22. The summed E-state index contributed by atoms with van der Waals surface area (Å²) in [5.41, 5.74) is 0. The van der Waals surface area contributed by atoms with E-state index in [0.717, 1.165) is 11.8 Å². The first-order valence-electron chi connectivity index (χ1n) is 5.51. The molecule has 8 heteroatoms. The van der Waals surface area contributed by atoms with Crippen LogP contribution in [0.2, 0.25) is 0 Å². The number of thioether (sulfide) groups is 1. The molecule has 0 aromatic carbocycles. The van der Waals surface area contributed by atoms with Crippen molar-refractivity contribution in [3.63, 3.8) is 0 Å². The van der Waals surface area contributed by atoms with Crippen LogP contribution in [0.4, 0.5) is 0 Å². The van der Waals surface area contributed by atoms with Crippen LogP contribution in [-0.4, -0.2) is 72.1 Å². The number of rotatable bonds is 7. The van der Waals surface area contributed by atoms with Gasteiger partial charge in [-0.25, -0.2) is 0 Å². The summed E-state index contributed by atoms with van der Waals surface area (Å²) in [4.78, 5) is 34.5. The zero-order valence-electron chi connectivity index (χ0n) is 9.89. The minimum Gasteiger partial charge on any atom is -0.481 e. The minimum absolute atomic E-state index is 0.0734. The van der Waals surface area contributed by atoms with Crippen LogP contribution in [0.15, 0.2) is 0 Å². The zero-order chi connectivity index (χ0) is 13.4. The number of ether oxygens (including phenoxy) is 1. The third-order valence-corrected chi connectivity index (χ3v) is 3.16. The Morgan fingerprint density at radius 3 is 2.89 bits per heavy atom. The van der Waals surface area contributed by atoms with Crippen molar-refractivity contribution in [2.75, 3.05) is 44.4 Å². The summed E-state index contributed by atoms with van der Waals surface area (Å²) in [6, 6.07) is 0. The van der Waals surface area contributed by atoms with E-state index in [1.54, 1.807) is 4.90 Å². The van der Waals surface area contributed by atoms with E-state index in [0.29, 0.717) is 26.2 Å². The number of carbonyl (C=O) groups excluding carboxylic acids is 2. The maximum Gasteiger partial charge on any atom is 0.313 e. The van der Waals surface area contributed by atoms with Gasteiger partial charge in [0.25, 0.3) is 0 Å². The van der Waals surface area contributed by atoms with Crippen LogP contribution >= 0.6 is 11.8 Å². The molecule has 1 aliphatic heterocycles. The molecule has 0 aromatic rings. The van der Waals surface area contributed by atoms with Gasteiger partial charge >= 0.3 is 5.97 Å². The van der Waals surface area contributed by atoms with Gasteiger partial charge in [0.15, 0.2) is 0 Å². The Hall–Kier alpha value is -1.28. The highest BCUT2D eigenvalue weighted by Gasteiger charge is 2.17. The van der Waals surface area contributed by atoms with Gasteiger partial charge in [0.2, 0.25) is 11.8 Å². The Bertz CT molecular complexity index is 323. The molecular weight excluding hydrogens is 260 g/mol.